The van der Waals surface area contributed by atoms with Crippen LogP contribution in [0.4, 0.5) is 0 Å². The summed E-state index contributed by atoms with van der Waals surface area (Å²) in [6, 6.07) is 0. The van der Waals surface area contributed by atoms with Crippen LogP contribution in [0.5, 0.6) is 0 Å². The van der Waals surface area contributed by atoms with Crippen molar-refractivity contribution < 1.29 is 9.90 Å². The molecule has 0 amide bonds. The number of aromatic carboxylic acids is 1. The lowest BCUT2D eigenvalue weighted by molar-refractivity contribution is 0.0680. The first-order chi connectivity index (χ1) is 8.09. The maximum Gasteiger partial charge on any atom is 0.354 e. The molecule has 0 bridgehead atoms. The Labute approximate surface area is 102 Å². The summed E-state index contributed by atoms with van der Waals surface area (Å²) in [7, 11) is 0. The van der Waals surface area contributed by atoms with Gasteiger partial charge in [0.05, 0.1) is 5.69 Å². The van der Waals surface area contributed by atoms with Crippen LogP contribution in [0.3, 0.4) is 0 Å². The number of aromatic nitrogens is 2. The minimum absolute atomic E-state index is 0.369. The Morgan fingerprint density at radius 2 is 2.00 bits per heavy atom. The molecule has 1 aliphatic rings. The van der Waals surface area contributed by atoms with Crippen molar-refractivity contribution in [1.29, 1.82) is 0 Å². The average Bonchev–Trinajstić information content (AvgIpc) is 2.56. The number of carboxylic acids is 1. The molecule has 4 nitrogen and oxygen atoms in total. The number of nitrogens with zero attached hydrogens (tertiary/aromatic N) is 2. The van der Waals surface area contributed by atoms with E-state index in [1.807, 2.05) is 13.8 Å². The molecule has 4 heteroatoms. The Morgan fingerprint density at radius 3 is 2.59 bits per heavy atom. The first kappa shape index (κ1) is 12.1. The van der Waals surface area contributed by atoms with Gasteiger partial charge in [-0.1, -0.05) is 19.3 Å². The summed E-state index contributed by atoms with van der Waals surface area (Å²) in [4.78, 5) is 11.2. The lowest BCUT2D eigenvalue weighted by Crippen LogP contribution is -2.19. The van der Waals surface area contributed by atoms with Gasteiger partial charge in [0.25, 0.3) is 0 Å². The SMILES string of the molecule is Cc1nn(CC2CCCCC2)c(C(=O)O)c1C. The van der Waals surface area contributed by atoms with Gasteiger partial charge in [0, 0.05) is 12.1 Å². The fraction of sp³-hybridized carbons (Fsp3) is 0.692. The molecule has 1 aromatic heterocycles. The van der Waals surface area contributed by atoms with Crippen LogP contribution in [0, 0.1) is 19.8 Å². The van der Waals surface area contributed by atoms with Crippen molar-refractivity contribution in [3.8, 4) is 0 Å². The molecule has 1 aromatic rings. The van der Waals surface area contributed by atoms with E-state index in [-0.39, 0.29) is 0 Å². The summed E-state index contributed by atoms with van der Waals surface area (Å²) < 4.78 is 1.70. The van der Waals surface area contributed by atoms with Gasteiger partial charge in [-0.2, -0.15) is 5.10 Å². The maximum absolute atomic E-state index is 11.2. The van der Waals surface area contributed by atoms with Crippen LogP contribution in [0.1, 0.15) is 53.8 Å². The van der Waals surface area contributed by atoms with E-state index in [1.165, 1.54) is 32.1 Å². The number of hydrogen-bond donors (Lipinski definition) is 1. The lowest BCUT2D eigenvalue weighted by atomic mass is 9.89. The molecule has 1 aliphatic carbocycles. The Bertz CT molecular complexity index is 417. The third-order valence-electron chi connectivity index (χ3n) is 3.79. The van der Waals surface area contributed by atoms with Crippen molar-refractivity contribution in [2.24, 2.45) is 5.92 Å². The standard InChI is InChI=1S/C13H20N2O2/c1-9-10(2)14-15(12(9)13(16)17)8-11-6-4-3-5-7-11/h11H,3-8H2,1-2H3,(H,16,17). The second-order valence-corrected chi connectivity index (χ2v) is 5.05. The molecule has 1 saturated carbocycles. The molecule has 0 atom stereocenters. The minimum atomic E-state index is -0.862. The number of aryl methyl sites for hydroxylation is 1. The molecule has 17 heavy (non-hydrogen) atoms. The predicted octanol–water partition coefficient (Wildman–Crippen LogP) is 2.78. The van der Waals surface area contributed by atoms with Gasteiger partial charge in [-0.3, -0.25) is 4.68 Å². The highest BCUT2D eigenvalue weighted by Gasteiger charge is 2.21. The van der Waals surface area contributed by atoms with Gasteiger partial charge in [-0.05, 0) is 32.6 Å². The molecule has 94 valence electrons. The number of hydrogen-bond acceptors (Lipinski definition) is 2. The highest BCUT2D eigenvalue weighted by molar-refractivity contribution is 5.87. The number of carboxylic acid groups (broad SMARTS) is 1. The highest BCUT2D eigenvalue weighted by Crippen LogP contribution is 2.26. The van der Waals surface area contributed by atoms with E-state index >= 15 is 0 Å². The minimum Gasteiger partial charge on any atom is -0.477 e. The molecule has 0 aromatic carbocycles. The molecular formula is C13H20N2O2. The van der Waals surface area contributed by atoms with Gasteiger partial charge >= 0.3 is 5.97 Å². The largest absolute Gasteiger partial charge is 0.477 e. The summed E-state index contributed by atoms with van der Waals surface area (Å²) in [5, 5.41) is 13.6. The van der Waals surface area contributed by atoms with Crippen LogP contribution in [-0.2, 0) is 6.54 Å². The maximum atomic E-state index is 11.2. The highest BCUT2D eigenvalue weighted by atomic mass is 16.4. The normalized spacial score (nSPS) is 17.3. The molecule has 1 fully saturated rings. The fourth-order valence-corrected chi connectivity index (χ4v) is 2.69. The van der Waals surface area contributed by atoms with Crippen LogP contribution in [0.15, 0.2) is 0 Å². The summed E-state index contributed by atoms with van der Waals surface area (Å²) in [5.74, 6) is -0.264. The molecule has 0 unspecified atom stereocenters. The molecule has 2 rings (SSSR count). The second kappa shape index (κ2) is 4.90. The topological polar surface area (TPSA) is 55.1 Å². The van der Waals surface area contributed by atoms with Crippen LogP contribution < -0.4 is 0 Å². The van der Waals surface area contributed by atoms with Crippen molar-refractivity contribution in [2.45, 2.75) is 52.5 Å². The van der Waals surface area contributed by atoms with Crippen LogP contribution >= 0.6 is 0 Å². The van der Waals surface area contributed by atoms with Gasteiger partial charge in [0.15, 0.2) is 0 Å². The summed E-state index contributed by atoms with van der Waals surface area (Å²) in [6.45, 7) is 4.47. The zero-order valence-electron chi connectivity index (χ0n) is 10.6. The average molecular weight is 236 g/mol. The van der Waals surface area contributed by atoms with Gasteiger partial charge in [-0.15, -0.1) is 0 Å². The Hall–Kier alpha value is -1.32. The second-order valence-electron chi connectivity index (χ2n) is 5.05. The monoisotopic (exact) mass is 236 g/mol. The van der Waals surface area contributed by atoms with E-state index in [0.29, 0.717) is 11.6 Å². The van der Waals surface area contributed by atoms with E-state index in [2.05, 4.69) is 5.10 Å². The predicted molar refractivity (Wildman–Crippen MR) is 65.2 cm³/mol. The summed E-state index contributed by atoms with van der Waals surface area (Å²) >= 11 is 0. The van der Waals surface area contributed by atoms with Gasteiger partial charge in [-0.25, -0.2) is 4.79 Å². The number of carbonyl (C=O) groups is 1. The summed E-state index contributed by atoms with van der Waals surface area (Å²) in [6.07, 6.45) is 6.27. The first-order valence-electron chi connectivity index (χ1n) is 6.37. The molecule has 1 N–H and O–H groups in total. The lowest BCUT2D eigenvalue weighted by Gasteiger charge is -2.21. The smallest absolute Gasteiger partial charge is 0.354 e. The molecular weight excluding hydrogens is 216 g/mol. The van der Waals surface area contributed by atoms with Crippen LogP contribution in [0.25, 0.3) is 0 Å². The molecule has 0 spiro atoms. The van der Waals surface area contributed by atoms with E-state index in [1.54, 1.807) is 4.68 Å². The van der Waals surface area contributed by atoms with E-state index < -0.39 is 5.97 Å². The van der Waals surface area contributed by atoms with E-state index in [4.69, 9.17) is 0 Å². The van der Waals surface area contributed by atoms with Crippen molar-refractivity contribution in [3.63, 3.8) is 0 Å². The van der Waals surface area contributed by atoms with Crippen LogP contribution in [0.2, 0.25) is 0 Å². The summed E-state index contributed by atoms with van der Waals surface area (Å²) in [5.41, 5.74) is 2.00. The van der Waals surface area contributed by atoms with Crippen molar-refractivity contribution >= 4 is 5.97 Å². The molecule has 0 radical (unpaired) electrons. The third kappa shape index (κ3) is 2.51. The Morgan fingerprint density at radius 1 is 1.35 bits per heavy atom. The van der Waals surface area contributed by atoms with Gasteiger partial charge in [0.1, 0.15) is 5.69 Å². The van der Waals surface area contributed by atoms with Crippen molar-refractivity contribution in [1.82, 2.24) is 9.78 Å². The number of rotatable bonds is 3. The molecule has 0 saturated heterocycles. The Kier molecular flexibility index (Phi) is 3.50. The zero-order valence-corrected chi connectivity index (χ0v) is 10.6. The third-order valence-corrected chi connectivity index (χ3v) is 3.79. The molecule has 0 aliphatic heterocycles. The van der Waals surface area contributed by atoms with E-state index in [9.17, 15) is 9.90 Å². The van der Waals surface area contributed by atoms with Gasteiger partial charge < -0.3 is 5.11 Å². The fourth-order valence-electron chi connectivity index (χ4n) is 2.69. The molecule has 1 heterocycles. The zero-order chi connectivity index (χ0) is 12.4. The van der Waals surface area contributed by atoms with Crippen molar-refractivity contribution in [3.05, 3.63) is 17.0 Å². The van der Waals surface area contributed by atoms with E-state index in [0.717, 1.165) is 17.8 Å². The van der Waals surface area contributed by atoms with Gasteiger partial charge in [0.2, 0.25) is 0 Å². The Balaban J connectivity index is 2.19. The first-order valence-corrected chi connectivity index (χ1v) is 6.37. The van der Waals surface area contributed by atoms with Crippen LogP contribution in [-0.4, -0.2) is 20.9 Å². The van der Waals surface area contributed by atoms with Crippen molar-refractivity contribution in [2.75, 3.05) is 0 Å². The quantitative estimate of drug-likeness (QED) is 0.878.